The van der Waals surface area contributed by atoms with Crippen LogP contribution in [0.25, 0.3) is 5.70 Å². The van der Waals surface area contributed by atoms with Crippen LogP contribution in [-0.2, 0) is 4.79 Å². The van der Waals surface area contributed by atoms with Gasteiger partial charge in [0.2, 0.25) is 0 Å². The molecule has 1 atom stereocenters. The molecule has 2 heterocycles. The summed E-state index contributed by atoms with van der Waals surface area (Å²) in [5.74, 6) is 1.37. The summed E-state index contributed by atoms with van der Waals surface area (Å²) in [6.07, 6.45) is 1.61. The highest BCUT2D eigenvalue weighted by molar-refractivity contribution is 9.11. The van der Waals surface area contributed by atoms with Crippen LogP contribution >= 0.6 is 43.6 Å². The summed E-state index contributed by atoms with van der Waals surface area (Å²) in [6.45, 7) is 2.14. The Bertz CT molecular complexity index is 1150. The molecule has 2 aliphatic rings. The van der Waals surface area contributed by atoms with E-state index < -0.39 is 6.17 Å². The number of hydrogen-bond acceptors (Lipinski definition) is 6. The Morgan fingerprint density at radius 3 is 2.83 bits per heavy atom. The first-order valence-corrected chi connectivity index (χ1v) is 12.1. The Hall–Kier alpha value is -1.84. The normalized spacial score (nSPS) is 17.5. The number of methoxy groups -OCH3 is 1. The van der Waals surface area contributed by atoms with Crippen molar-refractivity contribution in [3.63, 3.8) is 0 Å². The van der Waals surface area contributed by atoms with Crippen LogP contribution in [0.3, 0.4) is 0 Å². The minimum absolute atomic E-state index is 0.177. The molecule has 2 aromatic carbocycles. The number of nitrogens with one attached hydrogen (secondary N) is 1. The third kappa shape index (κ3) is 4.02. The zero-order chi connectivity index (χ0) is 21.3. The summed E-state index contributed by atoms with van der Waals surface area (Å²) in [7, 11) is 1.62. The molecule has 4 rings (SSSR count). The number of carbonyl (C=O) groups is 1. The van der Waals surface area contributed by atoms with Gasteiger partial charge in [-0.1, -0.05) is 59.2 Å². The SMILES string of the molecule is CCCCSC1=NN2C(=c3ccccc3=N[C@H]2c2cc(Br)cc(Br)c2OC)C(=O)N1. The molecule has 1 amide bonds. The van der Waals surface area contributed by atoms with Crippen molar-refractivity contribution in [1.29, 1.82) is 0 Å². The Kier molecular flexibility index (Phi) is 6.50. The fourth-order valence-corrected chi connectivity index (χ4v) is 5.75. The van der Waals surface area contributed by atoms with Crippen LogP contribution in [0.15, 0.2) is 55.4 Å². The Balaban J connectivity index is 1.91. The molecule has 0 radical (unpaired) electrons. The minimum Gasteiger partial charge on any atom is -0.495 e. The molecule has 0 saturated heterocycles. The van der Waals surface area contributed by atoms with Gasteiger partial charge in [0.25, 0.3) is 5.91 Å². The van der Waals surface area contributed by atoms with Crippen LogP contribution in [0.4, 0.5) is 0 Å². The van der Waals surface area contributed by atoms with Gasteiger partial charge in [-0.2, -0.15) is 0 Å². The van der Waals surface area contributed by atoms with Crippen molar-refractivity contribution in [3.8, 4) is 5.75 Å². The van der Waals surface area contributed by atoms with Crippen LogP contribution in [-0.4, -0.2) is 28.9 Å². The molecule has 0 aliphatic carbocycles. The van der Waals surface area contributed by atoms with Crippen LogP contribution in [0.5, 0.6) is 5.75 Å². The highest BCUT2D eigenvalue weighted by Crippen LogP contribution is 2.41. The van der Waals surface area contributed by atoms with Gasteiger partial charge in [0.1, 0.15) is 11.4 Å². The molecule has 0 unspecified atom stereocenters. The van der Waals surface area contributed by atoms with Gasteiger partial charge >= 0.3 is 0 Å². The number of para-hydroxylation sites is 1. The van der Waals surface area contributed by atoms with Crippen molar-refractivity contribution in [2.75, 3.05) is 12.9 Å². The molecule has 0 saturated carbocycles. The number of benzene rings is 2. The molecule has 2 aliphatic heterocycles. The number of ether oxygens (including phenoxy) is 1. The number of hydrazone groups is 1. The first kappa shape index (κ1) is 21.4. The second-order valence-electron chi connectivity index (χ2n) is 6.78. The van der Waals surface area contributed by atoms with E-state index in [1.165, 1.54) is 0 Å². The van der Waals surface area contributed by atoms with Crippen molar-refractivity contribution in [1.82, 2.24) is 10.3 Å². The Labute approximate surface area is 195 Å². The largest absolute Gasteiger partial charge is 0.495 e. The predicted octanol–water partition coefficient (Wildman–Crippen LogP) is 3.90. The van der Waals surface area contributed by atoms with Gasteiger partial charge in [-0.3, -0.25) is 15.1 Å². The molecule has 0 bridgehead atoms. The van der Waals surface area contributed by atoms with E-state index in [9.17, 15) is 4.79 Å². The molecular formula is C21H20Br2N4O2S. The lowest BCUT2D eigenvalue weighted by molar-refractivity contribution is -0.116. The van der Waals surface area contributed by atoms with Crippen LogP contribution in [0.2, 0.25) is 0 Å². The van der Waals surface area contributed by atoms with Gasteiger partial charge in [-0.25, -0.2) is 5.01 Å². The number of amidine groups is 1. The first-order chi connectivity index (χ1) is 14.5. The number of amides is 1. The maximum atomic E-state index is 13.1. The van der Waals surface area contributed by atoms with E-state index in [4.69, 9.17) is 14.8 Å². The number of thioether (sulfide) groups is 1. The van der Waals surface area contributed by atoms with Crippen LogP contribution in [0.1, 0.15) is 31.5 Å². The lowest BCUT2D eigenvalue weighted by atomic mass is 10.1. The number of rotatable bonds is 5. The molecule has 156 valence electrons. The second kappa shape index (κ2) is 9.11. The lowest BCUT2D eigenvalue weighted by Crippen LogP contribution is -2.50. The maximum Gasteiger partial charge on any atom is 0.276 e. The number of hydrogen-bond donors (Lipinski definition) is 1. The summed E-state index contributed by atoms with van der Waals surface area (Å²) >= 11 is 8.67. The van der Waals surface area contributed by atoms with E-state index in [1.54, 1.807) is 23.9 Å². The van der Waals surface area contributed by atoms with Gasteiger partial charge < -0.3 is 4.74 Å². The number of unbranched alkanes of at least 4 members (excludes halogenated alkanes) is 1. The average Bonchev–Trinajstić information content (AvgIpc) is 2.72. The van der Waals surface area contributed by atoms with Crippen LogP contribution in [0, 0.1) is 0 Å². The predicted molar refractivity (Wildman–Crippen MR) is 127 cm³/mol. The smallest absolute Gasteiger partial charge is 0.276 e. The lowest BCUT2D eigenvalue weighted by Gasteiger charge is -2.34. The fourth-order valence-electron chi connectivity index (χ4n) is 3.40. The third-order valence-corrected chi connectivity index (χ3v) is 6.77. The monoisotopic (exact) mass is 550 g/mol. The van der Waals surface area contributed by atoms with E-state index in [2.05, 4.69) is 44.1 Å². The van der Waals surface area contributed by atoms with Gasteiger partial charge in [0, 0.05) is 21.0 Å². The van der Waals surface area contributed by atoms with Crippen molar-refractivity contribution < 1.29 is 9.53 Å². The molecule has 0 spiro atoms. The second-order valence-corrected chi connectivity index (χ2v) is 9.64. The number of nitrogens with zero attached hydrogens (tertiary/aromatic N) is 3. The van der Waals surface area contributed by atoms with Crippen LogP contribution < -0.4 is 20.6 Å². The molecule has 30 heavy (non-hydrogen) atoms. The summed E-state index contributed by atoms with van der Waals surface area (Å²) in [5, 5.41) is 11.5. The number of fused-ring (bicyclic) bond motifs is 2. The molecule has 2 aromatic rings. The fraction of sp³-hybridized carbons (Fsp3) is 0.286. The molecule has 6 nitrogen and oxygen atoms in total. The summed E-state index contributed by atoms with van der Waals surface area (Å²) < 4.78 is 7.34. The molecule has 0 fully saturated rings. The number of halogens is 2. The van der Waals surface area contributed by atoms with Crippen molar-refractivity contribution in [2.24, 2.45) is 10.1 Å². The van der Waals surface area contributed by atoms with E-state index in [0.29, 0.717) is 16.6 Å². The topological polar surface area (TPSA) is 66.3 Å². The standard InChI is InChI=1S/C21H20Br2N4O2S/c1-3-4-9-30-21-25-20(28)17-13-7-5-6-8-16(13)24-19(27(17)26-21)14-10-12(22)11-15(23)18(14)29-2/h5-8,10-11,19H,3-4,9H2,1-2H3,(H,25,26,28)/t19-/m1/s1. The maximum absolute atomic E-state index is 13.1. The highest BCUT2D eigenvalue weighted by atomic mass is 79.9. The highest BCUT2D eigenvalue weighted by Gasteiger charge is 2.36. The van der Waals surface area contributed by atoms with E-state index in [1.807, 2.05) is 36.4 Å². The van der Waals surface area contributed by atoms with Crippen molar-refractivity contribution >= 4 is 60.4 Å². The van der Waals surface area contributed by atoms with Crippen molar-refractivity contribution in [3.05, 3.63) is 61.5 Å². The average molecular weight is 552 g/mol. The van der Waals surface area contributed by atoms with Gasteiger partial charge in [0.05, 0.1) is 16.9 Å². The summed E-state index contributed by atoms with van der Waals surface area (Å²) in [6, 6.07) is 11.5. The molecule has 0 aromatic heterocycles. The number of carbonyl (C=O) groups excluding carboxylic acids is 1. The van der Waals surface area contributed by atoms with Gasteiger partial charge in [-0.05, 0) is 40.5 Å². The Morgan fingerprint density at radius 1 is 1.27 bits per heavy atom. The summed E-state index contributed by atoms with van der Waals surface area (Å²) in [5.41, 5.74) is 1.30. The Morgan fingerprint density at radius 2 is 2.07 bits per heavy atom. The van der Waals surface area contributed by atoms with E-state index >= 15 is 0 Å². The first-order valence-electron chi connectivity index (χ1n) is 9.55. The van der Waals surface area contributed by atoms with Crippen molar-refractivity contribution in [2.45, 2.75) is 25.9 Å². The quantitative estimate of drug-likeness (QED) is 0.572. The van der Waals surface area contributed by atoms with Gasteiger partial charge in [-0.15, -0.1) is 5.10 Å². The molecule has 1 N–H and O–H groups in total. The van der Waals surface area contributed by atoms with E-state index in [-0.39, 0.29) is 5.91 Å². The molecule has 9 heteroatoms. The molecular weight excluding hydrogens is 532 g/mol. The summed E-state index contributed by atoms with van der Waals surface area (Å²) in [4.78, 5) is 18.1. The third-order valence-electron chi connectivity index (χ3n) is 4.77. The zero-order valence-corrected chi connectivity index (χ0v) is 20.5. The van der Waals surface area contributed by atoms with E-state index in [0.717, 1.165) is 43.7 Å². The van der Waals surface area contributed by atoms with Gasteiger partial charge in [0.15, 0.2) is 11.3 Å². The zero-order valence-electron chi connectivity index (χ0n) is 16.5. The minimum atomic E-state index is -0.536.